The van der Waals surface area contributed by atoms with Crippen molar-refractivity contribution in [2.75, 3.05) is 0 Å². The van der Waals surface area contributed by atoms with Crippen LogP contribution in [-0.4, -0.2) is 10.8 Å². The number of hydrogen-bond donors (Lipinski definition) is 1. The molecule has 4 rings (SSSR count). The van der Waals surface area contributed by atoms with Gasteiger partial charge in [-0.15, -0.1) is 0 Å². The minimum absolute atomic E-state index is 0.261. The fourth-order valence-corrected chi connectivity index (χ4v) is 3.07. The molecule has 0 amide bonds. The van der Waals surface area contributed by atoms with Gasteiger partial charge < -0.3 is 4.98 Å². The molecule has 1 heterocycles. The van der Waals surface area contributed by atoms with E-state index in [-0.39, 0.29) is 5.78 Å². The number of H-pyrrole nitrogens is 1. The second-order valence-corrected chi connectivity index (χ2v) is 4.96. The standard InChI is InChI=1S/C16H13NO/c18-14-7-3-6-12-15-11-5-2-1-4-10(11)8-9-13(15)17-16(12)14/h1-2,4-5,8-9,17H,3,6-7H2. The van der Waals surface area contributed by atoms with E-state index in [4.69, 9.17) is 0 Å². The monoisotopic (exact) mass is 235 g/mol. The highest BCUT2D eigenvalue weighted by Crippen LogP contribution is 2.34. The summed E-state index contributed by atoms with van der Waals surface area (Å²) in [6.45, 7) is 0. The Morgan fingerprint density at radius 1 is 1.00 bits per heavy atom. The van der Waals surface area contributed by atoms with Crippen molar-refractivity contribution in [2.45, 2.75) is 19.3 Å². The number of aromatic amines is 1. The summed E-state index contributed by atoms with van der Waals surface area (Å²) in [6.07, 6.45) is 2.66. The first-order valence-corrected chi connectivity index (χ1v) is 6.40. The molecule has 0 radical (unpaired) electrons. The van der Waals surface area contributed by atoms with Gasteiger partial charge in [-0.3, -0.25) is 4.79 Å². The molecule has 0 saturated carbocycles. The molecule has 1 aliphatic rings. The van der Waals surface area contributed by atoms with Crippen LogP contribution in [0.1, 0.15) is 28.9 Å². The Morgan fingerprint density at radius 2 is 1.89 bits per heavy atom. The highest BCUT2D eigenvalue weighted by atomic mass is 16.1. The lowest BCUT2D eigenvalue weighted by molar-refractivity contribution is 0.0968. The first kappa shape index (κ1) is 9.89. The lowest BCUT2D eigenvalue weighted by Gasteiger charge is -2.10. The van der Waals surface area contributed by atoms with Crippen molar-refractivity contribution in [3.05, 3.63) is 47.7 Å². The van der Waals surface area contributed by atoms with Gasteiger partial charge in [-0.05, 0) is 35.2 Å². The van der Waals surface area contributed by atoms with Crippen LogP contribution in [0.2, 0.25) is 0 Å². The van der Waals surface area contributed by atoms with Crippen molar-refractivity contribution in [1.29, 1.82) is 0 Å². The van der Waals surface area contributed by atoms with Gasteiger partial charge in [0.1, 0.15) is 0 Å². The first-order valence-electron chi connectivity index (χ1n) is 6.40. The van der Waals surface area contributed by atoms with Gasteiger partial charge in [0.15, 0.2) is 5.78 Å². The number of hydrogen-bond acceptors (Lipinski definition) is 1. The fraction of sp³-hybridized carbons (Fsp3) is 0.188. The second kappa shape index (κ2) is 3.45. The molecule has 88 valence electrons. The topological polar surface area (TPSA) is 32.9 Å². The molecule has 2 heteroatoms. The Bertz CT molecular complexity index is 782. The number of aromatic nitrogens is 1. The smallest absolute Gasteiger partial charge is 0.179 e. The normalized spacial score (nSPS) is 15.2. The van der Waals surface area contributed by atoms with Gasteiger partial charge in [-0.1, -0.05) is 30.3 Å². The summed E-state index contributed by atoms with van der Waals surface area (Å²) in [6, 6.07) is 12.6. The SMILES string of the molecule is O=C1CCCc2c1[nH]c1ccc3ccccc3c21. The average molecular weight is 235 g/mol. The molecule has 0 atom stereocenters. The molecule has 18 heavy (non-hydrogen) atoms. The van der Waals surface area contributed by atoms with Crippen LogP contribution in [-0.2, 0) is 6.42 Å². The van der Waals surface area contributed by atoms with Crippen molar-refractivity contribution in [1.82, 2.24) is 4.98 Å². The third-order valence-electron chi connectivity index (χ3n) is 3.90. The molecule has 2 aromatic carbocycles. The Labute approximate surface area is 105 Å². The van der Waals surface area contributed by atoms with Crippen LogP contribution < -0.4 is 0 Å². The summed E-state index contributed by atoms with van der Waals surface area (Å²) in [5, 5.41) is 3.74. The van der Waals surface area contributed by atoms with Gasteiger partial charge in [0, 0.05) is 17.3 Å². The number of carbonyl (C=O) groups excluding carboxylic acids is 1. The molecule has 0 saturated heterocycles. The van der Waals surface area contributed by atoms with Gasteiger partial charge in [-0.2, -0.15) is 0 Å². The van der Waals surface area contributed by atoms with E-state index in [1.54, 1.807) is 0 Å². The molecular weight excluding hydrogens is 222 g/mol. The molecule has 0 unspecified atom stereocenters. The second-order valence-electron chi connectivity index (χ2n) is 4.96. The number of aryl methyl sites for hydroxylation is 1. The van der Waals surface area contributed by atoms with E-state index < -0.39 is 0 Å². The number of fused-ring (bicyclic) bond motifs is 5. The molecule has 3 aromatic rings. The largest absolute Gasteiger partial charge is 0.352 e. The van der Waals surface area contributed by atoms with Gasteiger partial charge in [0.2, 0.25) is 0 Å². The summed E-state index contributed by atoms with van der Waals surface area (Å²) < 4.78 is 0. The van der Waals surface area contributed by atoms with Gasteiger partial charge in [-0.25, -0.2) is 0 Å². The minimum atomic E-state index is 0.261. The van der Waals surface area contributed by atoms with Crippen molar-refractivity contribution >= 4 is 27.5 Å². The van der Waals surface area contributed by atoms with Crippen molar-refractivity contribution in [2.24, 2.45) is 0 Å². The van der Waals surface area contributed by atoms with Crippen LogP contribution in [0.4, 0.5) is 0 Å². The van der Waals surface area contributed by atoms with Crippen LogP contribution >= 0.6 is 0 Å². The molecule has 1 aromatic heterocycles. The third-order valence-corrected chi connectivity index (χ3v) is 3.90. The lowest BCUT2D eigenvalue weighted by atomic mass is 9.93. The third kappa shape index (κ3) is 1.20. The van der Waals surface area contributed by atoms with Crippen LogP contribution in [0.5, 0.6) is 0 Å². The number of Topliss-reactive ketones (excluding diaryl/α,β-unsaturated/α-hetero) is 1. The average Bonchev–Trinajstić information content (AvgIpc) is 2.79. The highest BCUT2D eigenvalue weighted by Gasteiger charge is 2.22. The minimum Gasteiger partial charge on any atom is -0.352 e. The number of nitrogens with one attached hydrogen (secondary N) is 1. The van der Waals surface area contributed by atoms with Crippen LogP contribution in [0, 0.1) is 0 Å². The molecular formula is C16H13NO. The predicted molar refractivity (Wildman–Crippen MR) is 73.1 cm³/mol. The molecule has 0 spiro atoms. The predicted octanol–water partition coefficient (Wildman–Crippen LogP) is 3.84. The molecule has 1 aliphatic carbocycles. The van der Waals surface area contributed by atoms with Crippen molar-refractivity contribution in [3.63, 3.8) is 0 Å². The zero-order valence-corrected chi connectivity index (χ0v) is 9.99. The summed E-state index contributed by atoms with van der Waals surface area (Å²) >= 11 is 0. The summed E-state index contributed by atoms with van der Waals surface area (Å²) in [5.41, 5.74) is 3.15. The number of rotatable bonds is 0. The van der Waals surface area contributed by atoms with E-state index in [0.29, 0.717) is 6.42 Å². The maximum absolute atomic E-state index is 12.0. The van der Waals surface area contributed by atoms with Crippen LogP contribution in [0.3, 0.4) is 0 Å². The van der Waals surface area contributed by atoms with E-state index in [9.17, 15) is 4.79 Å². The molecule has 2 nitrogen and oxygen atoms in total. The zero-order chi connectivity index (χ0) is 12.1. The molecule has 1 N–H and O–H groups in total. The summed E-state index contributed by atoms with van der Waals surface area (Å²) in [4.78, 5) is 15.3. The zero-order valence-electron chi connectivity index (χ0n) is 9.99. The lowest BCUT2D eigenvalue weighted by Crippen LogP contribution is -2.09. The Kier molecular flexibility index (Phi) is 1.90. The van der Waals surface area contributed by atoms with Crippen LogP contribution in [0.25, 0.3) is 21.7 Å². The van der Waals surface area contributed by atoms with E-state index >= 15 is 0 Å². The van der Waals surface area contributed by atoms with E-state index in [1.165, 1.54) is 21.7 Å². The number of benzene rings is 2. The molecule has 0 fully saturated rings. The quantitative estimate of drug-likeness (QED) is 0.631. The van der Waals surface area contributed by atoms with Crippen LogP contribution in [0.15, 0.2) is 36.4 Å². The van der Waals surface area contributed by atoms with E-state index in [1.807, 2.05) is 0 Å². The maximum Gasteiger partial charge on any atom is 0.179 e. The molecule has 0 aliphatic heterocycles. The van der Waals surface area contributed by atoms with E-state index in [0.717, 1.165) is 24.1 Å². The van der Waals surface area contributed by atoms with Crippen molar-refractivity contribution in [3.8, 4) is 0 Å². The Balaban J connectivity index is 2.21. The van der Waals surface area contributed by atoms with Gasteiger partial charge >= 0.3 is 0 Å². The summed E-state index contributed by atoms with van der Waals surface area (Å²) in [7, 11) is 0. The van der Waals surface area contributed by atoms with E-state index in [2.05, 4.69) is 41.4 Å². The number of carbonyl (C=O) groups is 1. The Hall–Kier alpha value is -2.09. The highest BCUT2D eigenvalue weighted by molar-refractivity contribution is 6.13. The Morgan fingerprint density at radius 3 is 2.83 bits per heavy atom. The molecule has 0 bridgehead atoms. The van der Waals surface area contributed by atoms with Crippen molar-refractivity contribution < 1.29 is 4.79 Å². The fourth-order valence-electron chi connectivity index (χ4n) is 3.07. The first-order chi connectivity index (χ1) is 8.84. The van der Waals surface area contributed by atoms with Gasteiger partial charge in [0.25, 0.3) is 0 Å². The van der Waals surface area contributed by atoms with Gasteiger partial charge in [0.05, 0.1) is 5.69 Å². The maximum atomic E-state index is 12.0. The number of ketones is 1. The summed E-state index contributed by atoms with van der Waals surface area (Å²) in [5.74, 6) is 0.261.